The SMILES string of the molecule is COc1nccc(N(C)C)c1NC(=O)c1sccc1Br. The van der Waals surface area contributed by atoms with Gasteiger partial charge in [0, 0.05) is 24.8 Å². The molecular weight excluding hydrogens is 342 g/mol. The van der Waals surface area contributed by atoms with E-state index in [4.69, 9.17) is 4.74 Å². The Bertz CT molecular complexity index is 628. The summed E-state index contributed by atoms with van der Waals surface area (Å²) in [5.41, 5.74) is 1.39. The van der Waals surface area contributed by atoms with Gasteiger partial charge in [0.2, 0.25) is 5.88 Å². The first kappa shape index (κ1) is 14.8. The highest BCUT2D eigenvalue weighted by atomic mass is 79.9. The van der Waals surface area contributed by atoms with Gasteiger partial charge in [0.25, 0.3) is 5.91 Å². The lowest BCUT2D eigenvalue weighted by Gasteiger charge is -2.19. The zero-order valence-electron chi connectivity index (χ0n) is 11.3. The van der Waals surface area contributed by atoms with Gasteiger partial charge in [-0.1, -0.05) is 0 Å². The summed E-state index contributed by atoms with van der Waals surface area (Å²) in [5.74, 6) is 0.193. The second kappa shape index (κ2) is 6.23. The van der Waals surface area contributed by atoms with E-state index >= 15 is 0 Å². The monoisotopic (exact) mass is 355 g/mol. The fraction of sp³-hybridized carbons (Fsp3) is 0.231. The third-order valence-corrected chi connectivity index (χ3v) is 4.47. The van der Waals surface area contributed by atoms with Crippen molar-refractivity contribution >= 4 is 44.5 Å². The zero-order valence-corrected chi connectivity index (χ0v) is 13.7. The van der Waals surface area contributed by atoms with Gasteiger partial charge >= 0.3 is 0 Å². The fourth-order valence-electron chi connectivity index (χ4n) is 1.70. The van der Waals surface area contributed by atoms with E-state index in [1.807, 2.05) is 36.5 Å². The molecule has 1 amide bonds. The highest BCUT2D eigenvalue weighted by Crippen LogP contribution is 2.33. The number of nitrogens with one attached hydrogen (secondary N) is 1. The first-order chi connectivity index (χ1) is 9.54. The molecule has 0 aliphatic rings. The second-order valence-corrected chi connectivity index (χ2v) is 5.93. The number of halogens is 1. The van der Waals surface area contributed by atoms with E-state index in [0.29, 0.717) is 16.4 Å². The van der Waals surface area contributed by atoms with Gasteiger partial charge in [-0.25, -0.2) is 4.98 Å². The molecule has 0 fully saturated rings. The normalized spacial score (nSPS) is 10.2. The van der Waals surface area contributed by atoms with Gasteiger partial charge in [-0.2, -0.15) is 0 Å². The molecule has 0 aliphatic carbocycles. The minimum atomic E-state index is -0.193. The lowest BCUT2D eigenvalue weighted by atomic mass is 10.3. The Morgan fingerprint density at radius 1 is 1.45 bits per heavy atom. The summed E-state index contributed by atoms with van der Waals surface area (Å²) >= 11 is 4.73. The molecule has 0 saturated carbocycles. The topological polar surface area (TPSA) is 54.5 Å². The average Bonchev–Trinajstić information content (AvgIpc) is 2.85. The number of carbonyl (C=O) groups is 1. The largest absolute Gasteiger partial charge is 0.479 e. The quantitative estimate of drug-likeness (QED) is 0.914. The number of rotatable bonds is 4. The van der Waals surface area contributed by atoms with Crippen molar-refractivity contribution in [1.29, 1.82) is 0 Å². The van der Waals surface area contributed by atoms with Gasteiger partial charge in [-0.15, -0.1) is 11.3 Å². The van der Waals surface area contributed by atoms with E-state index < -0.39 is 0 Å². The van der Waals surface area contributed by atoms with Gasteiger partial charge in [0.1, 0.15) is 10.6 Å². The Labute approximate surface area is 129 Å². The van der Waals surface area contributed by atoms with E-state index in [0.717, 1.165) is 10.2 Å². The van der Waals surface area contributed by atoms with Gasteiger partial charge in [-0.3, -0.25) is 4.79 Å². The van der Waals surface area contributed by atoms with Crippen LogP contribution in [-0.2, 0) is 0 Å². The van der Waals surface area contributed by atoms with E-state index in [1.54, 1.807) is 6.20 Å². The van der Waals surface area contributed by atoms with Crippen LogP contribution in [-0.4, -0.2) is 32.1 Å². The molecule has 0 unspecified atom stereocenters. The highest BCUT2D eigenvalue weighted by Gasteiger charge is 2.18. The number of nitrogens with zero attached hydrogens (tertiary/aromatic N) is 2. The summed E-state index contributed by atoms with van der Waals surface area (Å²) in [6.45, 7) is 0. The third kappa shape index (κ3) is 2.94. The summed E-state index contributed by atoms with van der Waals surface area (Å²) in [7, 11) is 5.31. The van der Waals surface area contributed by atoms with Crippen molar-refractivity contribution in [2.45, 2.75) is 0 Å². The van der Waals surface area contributed by atoms with Crippen molar-refractivity contribution in [2.75, 3.05) is 31.4 Å². The number of hydrogen-bond donors (Lipinski definition) is 1. The van der Waals surface area contributed by atoms with Crippen molar-refractivity contribution in [3.8, 4) is 5.88 Å². The van der Waals surface area contributed by atoms with Gasteiger partial charge in [0.15, 0.2) is 0 Å². The number of thiophene rings is 1. The molecule has 2 heterocycles. The molecule has 0 saturated heterocycles. The van der Waals surface area contributed by atoms with Crippen LogP contribution in [0.5, 0.6) is 5.88 Å². The van der Waals surface area contributed by atoms with Crippen LogP contribution in [0, 0.1) is 0 Å². The van der Waals surface area contributed by atoms with Crippen LogP contribution in [0.4, 0.5) is 11.4 Å². The fourth-order valence-corrected chi connectivity index (χ4v) is 3.15. The van der Waals surface area contributed by atoms with E-state index in [2.05, 4.69) is 26.2 Å². The molecule has 2 aromatic rings. The molecule has 7 heteroatoms. The van der Waals surface area contributed by atoms with Gasteiger partial charge in [0.05, 0.1) is 12.8 Å². The second-order valence-electron chi connectivity index (χ2n) is 4.16. The Morgan fingerprint density at radius 3 is 2.75 bits per heavy atom. The molecule has 0 atom stereocenters. The minimum Gasteiger partial charge on any atom is -0.479 e. The number of anilines is 2. The van der Waals surface area contributed by atoms with Crippen LogP contribution in [0.25, 0.3) is 0 Å². The molecule has 2 rings (SSSR count). The maximum Gasteiger partial charge on any atom is 0.267 e. The standard InChI is InChI=1S/C13H14BrN3O2S/c1-17(2)9-4-6-15-13(19-3)10(9)16-12(18)11-8(14)5-7-20-11/h4-7H,1-3H3,(H,16,18). The summed E-state index contributed by atoms with van der Waals surface area (Å²) in [4.78, 5) is 18.9. The Kier molecular flexibility index (Phi) is 4.61. The number of hydrogen-bond acceptors (Lipinski definition) is 5. The number of ether oxygens (including phenoxy) is 1. The molecule has 0 aromatic carbocycles. The Hall–Kier alpha value is -1.60. The van der Waals surface area contributed by atoms with Crippen molar-refractivity contribution in [1.82, 2.24) is 4.98 Å². The van der Waals surface area contributed by atoms with Crippen molar-refractivity contribution < 1.29 is 9.53 Å². The summed E-state index contributed by atoms with van der Waals surface area (Å²) in [5, 5.41) is 4.72. The molecule has 106 valence electrons. The summed E-state index contributed by atoms with van der Waals surface area (Å²) in [6.07, 6.45) is 1.64. The molecule has 20 heavy (non-hydrogen) atoms. The maximum atomic E-state index is 12.3. The number of aromatic nitrogens is 1. The maximum absolute atomic E-state index is 12.3. The van der Waals surface area contributed by atoms with Crippen molar-refractivity contribution in [2.24, 2.45) is 0 Å². The third-order valence-electron chi connectivity index (χ3n) is 2.63. The predicted octanol–water partition coefficient (Wildman–Crippen LogP) is 3.23. The summed E-state index contributed by atoms with van der Waals surface area (Å²) < 4.78 is 6.00. The average molecular weight is 356 g/mol. The van der Waals surface area contributed by atoms with Gasteiger partial charge in [-0.05, 0) is 33.4 Å². The lowest BCUT2D eigenvalue weighted by Crippen LogP contribution is -2.17. The number of methoxy groups -OCH3 is 1. The van der Waals surface area contributed by atoms with Crippen molar-refractivity contribution in [3.63, 3.8) is 0 Å². The molecule has 0 bridgehead atoms. The molecule has 1 N–H and O–H groups in total. The van der Waals surface area contributed by atoms with E-state index in [-0.39, 0.29) is 5.91 Å². The highest BCUT2D eigenvalue weighted by molar-refractivity contribution is 9.10. The minimum absolute atomic E-state index is 0.193. The molecule has 0 radical (unpaired) electrons. The first-order valence-electron chi connectivity index (χ1n) is 5.79. The Morgan fingerprint density at radius 2 is 2.20 bits per heavy atom. The van der Waals surface area contributed by atoms with Crippen molar-refractivity contribution in [3.05, 3.63) is 33.1 Å². The van der Waals surface area contributed by atoms with Crippen LogP contribution < -0.4 is 15.0 Å². The smallest absolute Gasteiger partial charge is 0.267 e. The van der Waals surface area contributed by atoms with Crippen LogP contribution in [0.2, 0.25) is 0 Å². The molecule has 0 spiro atoms. The van der Waals surface area contributed by atoms with E-state index in [9.17, 15) is 4.79 Å². The van der Waals surface area contributed by atoms with Crippen LogP contribution in [0.3, 0.4) is 0 Å². The van der Waals surface area contributed by atoms with Crippen LogP contribution >= 0.6 is 27.3 Å². The number of carbonyl (C=O) groups excluding carboxylic acids is 1. The lowest BCUT2D eigenvalue weighted by molar-refractivity contribution is 0.102. The Balaban J connectivity index is 2.37. The molecular formula is C13H14BrN3O2S. The number of pyridine rings is 1. The molecule has 2 aromatic heterocycles. The zero-order chi connectivity index (χ0) is 14.7. The summed E-state index contributed by atoms with van der Waals surface area (Å²) in [6, 6.07) is 3.66. The van der Waals surface area contributed by atoms with Crippen LogP contribution in [0.15, 0.2) is 28.2 Å². The molecule has 0 aliphatic heterocycles. The van der Waals surface area contributed by atoms with Gasteiger partial charge < -0.3 is 15.0 Å². The van der Waals surface area contributed by atoms with E-state index in [1.165, 1.54) is 18.4 Å². The predicted molar refractivity (Wildman–Crippen MR) is 85.1 cm³/mol. The van der Waals surface area contributed by atoms with Crippen LogP contribution in [0.1, 0.15) is 9.67 Å². The molecule has 5 nitrogen and oxygen atoms in total. The first-order valence-corrected chi connectivity index (χ1v) is 7.46. The number of amides is 1.